The average molecular weight is 746 g/mol. The number of carbonyl (C=O) groups is 4. The number of carboxylic acid groups (broad SMARTS) is 1. The van der Waals surface area contributed by atoms with E-state index in [-0.39, 0.29) is 35.4 Å². The van der Waals surface area contributed by atoms with Gasteiger partial charge >= 0.3 is 5.97 Å². The first-order valence-electron chi connectivity index (χ1n) is 17.6. The van der Waals surface area contributed by atoms with Gasteiger partial charge in [-0.25, -0.2) is 27.3 Å². The zero-order chi connectivity index (χ0) is 39.7. The second kappa shape index (κ2) is 21.6. The van der Waals surface area contributed by atoms with Gasteiger partial charge in [0.1, 0.15) is 41.2 Å². The molecule has 3 rings (SSSR count). The Hall–Kier alpha value is -4.85. The SMILES string of the molecule is CCCC(NC(=O)Cc1cc(F)cc(F)c1)C(=O)Nc1ccc(C(C)NCCC(C)(C)C)cn1.CCCC(NC(=O)Cc1cc(F)cc(F)c1)C(=O)O. The van der Waals surface area contributed by atoms with Gasteiger partial charge in [-0.1, -0.05) is 53.5 Å². The molecule has 0 fully saturated rings. The Morgan fingerprint density at radius 1 is 0.755 bits per heavy atom. The van der Waals surface area contributed by atoms with Gasteiger partial charge < -0.3 is 26.4 Å². The van der Waals surface area contributed by atoms with E-state index in [1.807, 2.05) is 13.0 Å². The summed E-state index contributed by atoms with van der Waals surface area (Å²) in [6.07, 6.45) is 4.27. The minimum Gasteiger partial charge on any atom is -0.480 e. The molecule has 1 aromatic heterocycles. The van der Waals surface area contributed by atoms with Crippen molar-refractivity contribution in [1.82, 2.24) is 20.9 Å². The maximum absolute atomic E-state index is 13.4. The van der Waals surface area contributed by atoms with Crippen LogP contribution >= 0.6 is 0 Å². The Bertz CT molecular complexity index is 1630. The van der Waals surface area contributed by atoms with E-state index >= 15 is 0 Å². The second-order valence-electron chi connectivity index (χ2n) is 14.0. The number of carbonyl (C=O) groups excluding carboxylic acids is 3. The molecule has 3 unspecified atom stereocenters. The summed E-state index contributed by atoms with van der Waals surface area (Å²) in [5.41, 5.74) is 1.63. The summed E-state index contributed by atoms with van der Waals surface area (Å²) in [6, 6.07) is 7.73. The third-order valence-electron chi connectivity index (χ3n) is 7.88. The molecule has 0 aliphatic rings. The van der Waals surface area contributed by atoms with E-state index in [0.717, 1.165) is 48.9 Å². The highest BCUT2D eigenvalue weighted by Gasteiger charge is 2.22. The predicted molar refractivity (Wildman–Crippen MR) is 195 cm³/mol. The number of anilines is 1. The predicted octanol–water partition coefficient (Wildman–Crippen LogP) is 6.79. The first-order valence-corrected chi connectivity index (χ1v) is 17.6. The summed E-state index contributed by atoms with van der Waals surface area (Å²) in [5.74, 6) is -5.24. The molecule has 53 heavy (non-hydrogen) atoms. The summed E-state index contributed by atoms with van der Waals surface area (Å²) in [6.45, 7) is 13.3. The molecule has 1 heterocycles. The van der Waals surface area contributed by atoms with Crippen LogP contribution in [0.5, 0.6) is 0 Å². The fourth-order valence-corrected chi connectivity index (χ4v) is 5.12. The van der Waals surface area contributed by atoms with E-state index in [1.54, 1.807) is 19.2 Å². The van der Waals surface area contributed by atoms with Crippen molar-refractivity contribution in [1.29, 1.82) is 0 Å². The maximum Gasteiger partial charge on any atom is 0.326 e. The van der Waals surface area contributed by atoms with Gasteiger partial charge in [0.25, 0.3) is 0 Å². The fraction of sp³-hybridized carbons (Fsp3) is 0.462. The van der Waals surface area contributed by atoms with Gasteiger partial charge in [-0.3, -0.25) is 14.4 Å². The second-order valence-corrected chi connectivity index (χ2v) is 14.0. The van der Waals surface area contributed by atoms with Gasteiger partial charge in [-0.05, 0) is 85.2 Å². The van der Waals surface area contributed by atoms with Crippen LogP contribution in [0.25, 0.3) is 0 Å². The van der Waals surface area contributed by atoms with Crippen molar-refractivity contribution < 1.29 is 41.8 Å². The molecule has 3 amide bonds. The zero-order valence-corrected chi connectivity index (χ0v) is 31.1. The van der Waals surface area contributed by atoms with Crippen molar-refractivity contribution in [3.05, 3.63) is 94.7 Å². The van der Waals surface area contributed by atoms with E-state index in [0.29, 0.717) is 37.6 Å². The number of nitrogens with one attached hydrogen (secondary N) is 4. The molecule has 14 heteroatoms. The number of aliphatic carboxylic acids is 1. The van der Waals surface area contributed by atoms with E-state index in [2.05, 4.69) is 53.9 Å². The van der Waals surface area contributed by atoms with Crippen LogP contribution in [0.2, 0.25) is 0 Å². The number of nitrogens with zero attached hydrogens (tertiary/aromatic N) is 1. The lowest BCUT2D eigenvalue weighted by molar-refractivity contribution is -0.142. The molecule has 10 nitrogen and oxygen atoms in total. The molecule has 0 bridgehead atoms. The highest BCUT2D eigenvalue weighted by Crippen LogP contribution is 2.19. The third-order valence-corrected chi connectivity index (χ3v) is 7.88. The summed E-state index contributed by atoms with van der Waals surface area (Å²) < 4.78 is 52.6. The van der Waals surface area contributed by atoms with Gasteiger partial charge in [0, 0.05) is 24.4 Å². The number of hydrogen-bond donors (Lipinski definition) is 5. The summed E-state index contributed by atoms with van der Waals surface area (Å²) >= 11 is 0. The van der Waals surface area contributed by atoms with Crippen LogP contribution in [-0.2, 0) is 32.0 Å². The Morgan fingerprint density at radius 2 is 1.23 bits per heavy atom. The van der Waals surface area contributed by atoms with Crippen LogP contribution in [0.3, 0.4) is 0 Å². The lowest BCUT2D eigenvalue weighted by Gasteiger charge is -2.21. The first kappa shape index (κ1) is 44.3. The highest BCUT2D eigenvalue weighted by molar-refractivity contribution is 5.96. The fourth-order valence-electron chi connectivity index (χ4n) is 5.12. The lowest BCUT2D eigenvalue weighted by atomic mass is 9.92. The number of carboxylic acids is 1. The van der Waals surface area contributed by atoms with E-state index in [1.165, 1.54) is 0 Å². The number of halogens is 4. The van der Waals surface area contributed by atoms with E-state index < -0.39 is 59.0 Å². The molecular formula is C39H51F4N5O5. The zero-order valence-electron chi connectivity index (χ0n) is 31.1. The van der Waals surface area contributed by atoms with Crippen LogP contribution in [0, 0.1) is 28.7 Å². The molecule has 0 saturated heterocycles. The summed E-state index contributed by atoms with van der Waals surface area (Å²) in [5, 5.41) is 20.1. The molecule has 0 radical (unpaired) electrons. The minimum absolute atomic E-state index is 0.124. The molecule has 5 N–H and O–H groups in total. The standard InChI is InChI=1S/C26H36F2N4O2.C13H15F2NO3/c1-6-7-22(31-24(33)14-18-12-20(27)15-21(28)13-18)25(34)32-23-9-8-19(16-30-23)17(2)29-11-10-26(3,4)5;1-2-3-11(13(18)19)16-12(17)6-8-4-9(14)7-10(15)5-8/h8-9,12-13,15-17,22,29H,6-7,10-11,14H2,1-5H3,(H,31,33)(H,30,32,34);4-5,7,11H,2-3,6H2,1H3,(H,16,17)(H,18,19). The van der Waals surface area contributed by atoms with Crippen LogP contribution in [0.15, 0.2) is 54.7 Å². The minimum atomic E-state index is -1.12. The number of benzene rings is 2. The number of amides is 3. The molecule has 3 atom stereocenters. The molecular weight excluding hydrogens is 694 g/mol. The molecule has 3 aromatic rings. The summed E-state index contributed by atoms with van der Waals surface area (Å²) in [7, 11) is 0. The molecule has 0 aliphatic carbocycles. The van der Waals surface area contributed by atoms with Crippen molar-refractivity contribution >= 4 is 29.5 Å². The molecule has 0 spiro atoms. The van der Waals surface area contributed by atoms with Crippen molar-refractivity contribution in [3.8, 4) is 0 Å². The number of rotatable bonds is 17. The number of pyridine rings is 1. The van der Waals surface area contributed by atoms with Crippen molar-refractivity contribution in [2.24, 2.45) is 5.41 Å². The smallest absolute Gasteiger partial charge is 0.326 e. The van der Waals surface area contributed by atoms with Gasteiger partial charge in [0.2, 0.25) is 17.7 Å². The van der Waals surface area contributed by atoms with Gasteiger partial charge in [0.15, 0.2) is 0 Å². The largest absolute Gasteiger partial charge is 0.480 e. The highest BCUT2D eigenvalue weighted by atomic mass is 19.1. The monoisotopic (exact) mass is 745 g/mol. The topological polar surface area (TPSA) is 150 Å². The molecule has 0 saturated carbocycles. The van der Waals surface area contributed by atoms with Gasteiger partial charge in [-0.15, -0.1) is 0 Å². The lowest BCUT2D eigenvalue weighted by Crippen LogP contribution is -2.44. The first-order chi connectivity index (χ1) is 24.9. The third kappa shape index (κ3) is 17.5. The van der Waals surface area contributed by atoms with Crippen molar-refractivity contribution in [2.45, 2.75) is 105 Å². The molecule has 0 aliphatic heterocycles. The van der Waals surface area contributed by atoms with E-state index in [9.17, 15) is 36.7 Å². The van der Waals surface area contributed by atoms with Crippen LogP contribution in [-0.4, -0.2) is 52.4 Å². The van der Waals surface area contributed by atoms with Gasteiger partial charge in [-0.2, -0.15) is 0 Å². The summed E-state index contributed by atoms with van der Waals surface area (Å²) in [4.78, 5) is 51.9. The Balaban J connectivity index is 0.000000432. The Morgan fingerprint density at radius 3 is 1.64 bits per heavy atom. The maximum atomic E-state index is 13.4. The van der Waals surface area contributed by atoms with Crippen LogP contribution in [0.4, 0.5) is 23.4 Å². The number of hydrogen-bond acceptors (Lipinski definition) is 6. The van der Waals surface area contributed by atoms with Gasteiger partial charge in [0.05, 0.1) is 12.8 Å². The quantitative estimate of drug-likeness (QED) is 0.0956. The molecule has 2 aromatic carbocycles. The number of aromatic nitrogens is 1. The van der Waals surface area contributed by atoms with Crippen LogP contribution < -0.4 is 21.3 Å². The Labute approximate surface area is 308 Å². The van der Waals surface area contributed by atoms with Crippen LogP contribution in [0.1, 0.15) is 96.4 Å². The normalized spacial score (nSPS) is 12.8. The Kier molecular flexibility index (Phi) is 18.1. The van der Waals surface area contributed by atoms with Crippen molar-refractivity contribution in [3.63, 3.8) is 0 Å². The van der Waals surface area contributed by atoms with E-state index in [4.69, 9.17) is 5.11 Å². The average Bonchev–Trinajstić information content (AvgIpc) is 3.03. The van der Waals surface area contributed by atoms with Crippen molar-refractivity contribution in [2.75, 3.05) is 11.9 Å². The molecule has 290 valence electrons.